The van der Waals surface area contributed by atoms with Crippen LogP contribution in [0.4, 0.5) is 4.39 Å². The van der Waals surface area contributed by atoms with Crippen molar-refractivity contribution >= 4 is 44.5 Å². The second-order valence-electron chi connectivity index (χ2n) is 5.26. The Kier molecular flexibility index (Phi) is 3.55. The number of halogens is 3. The number of ether oxygens (including phenoxy) is 1. The minimum Gasteiger partial charge on any atom is -0.452 e. The molecular formula is C15H10BrClFN3OS. The molecule has 8 heteroatoms. The number of hydrogen-bond donors (Lipinski definition) is 1. The number of amidine groups is 1. The average Bonchev–Trinajstić information content (AvgIpc) is 2.50. The summed E-state index contributed by atoms with van der Waals surface area (Å²) in [5, 5.41) is 0.526. The molecule has 0 fully saturated rings. The van der Waals surface area contributed by atoms with Crippen molar-refractivity contribution < 1.29 is 9.13 Å². The van der Waals surface area contributed by atoms with Gasteiger partial charge >= 0.3 is 0 Å². The number of pyridine rings is 1. The van der Waals surface area contributed by atoms with E-state index in [1.54, 1.807) is 12.1 Å². The third-order valence-electron chi connectivity index (χ3n) is 3.96. The minimum absolute atomic E-state index is 0.0627. The first kappa shape index (κ1) is 15.2. The van der Waals surface area contributed by atoms with Gasteiger partial charge in [0, 0.05) is 21.4 Å². The SMILES string of the molecule is NC1=N[C@]2(CCS1)c1cc(Br)ccc1Oc1c2cc(Cl)nc1F. The van der Waals surface area contributed by atoms with Gasteiger partial charge in [0.2, 0.25) is 0 Å². The molecule has 4 nitrogen and oxygen atoms in total. The van der Waals surface area contributed by atoms with Gasteiger partial charge < -0.3 is 10.5 Å². The lowest BCUT2D eigenvalue weighted by molar-refractivity contribution is 0.362. The zero-order chi connectivity index (χ0) is 16.2. The Hall–Kier alpha value is -1.31. The van der Waals surface area contributed by atoms with E-state index in [1.807, 2.05) is 12.1 Å². The first-order chi connectivity index (χ1) is 11.0. The molecule has 4 rings (SSSR count). The molecule has 0 bridgehead atoms. The van der Waals surface area contributed by atoms with E-state index in [-0.39, 0.29) is 10.9 Å². The Labute approximate surface area is 149 Å². The second kappa shape index (κ2) is 5.36. The van der Waals surface area contributed by atoms with Gasteiger partial charge in [0.25, 0.3) is 5.95 Å². The molecule has 2 N–H and O–H groups in total. The van der Waals surface area contributed by atoms with Crippen LogP contribution in [0.15, 0.2) is 33.7 Å². The Bertz CT molecular complexity index is 863. The fraction of sp³-hybridized carbons (Fsp3) is 0.200. The standard InChI is InChI=1S/C15H10BrClFN3OS/c16-7-1-2-10-8(5-7)15(3-4-23-14(19)21-15)9-6-11(17)20-13(18)12(9)22-10/h1-2,5-6H,3-4H2,(H2,19,21)/t15-/m1/s1. The average molecular weight is 415 g/mol. The van der Waals surface area contributed by atoms with Crippen molar-refractivity contribution in [3.8, 4) is 11.5 Å². The predicted octanol–water partition coefficient (Wildman–Crippen LogP) is 4.44. The van der Waals surface area contributed by atoms with Gasteiger partial charge in [-0.15, -0.1) is 0 Å². The predicted molar refractivity (Wildman–Crippen MR) is 92.9 cm³/mol. The van der Waals surface area contributed by atoms with E-state index in [0.29, 0.717) is 22.9 Å². The molecule has 2 aliphatic rings. The highest BCUT2D eigenvalue weighted by atomic mass is 79.9. The van der Waals surface area contributed by atoms with Crippen LogP contribution >= 0.6 is 39.3 Å². The second-order valence-corrected chi connectivity index (χ2v) is 7.68. The number of benzene rings is 1. The first-order valence-corrected chi connectivity index (χ1v) is 8.98. The summed E-state index contributed by atoms with van der Waals surface area (Å²) >= 11 is 10.9. The van der Waals surface area contributed by atoms with E-state index in [4.69, 9.17) is 22.1 Å². The number of rotatable bonds is 0. The van der Waals surface area contributed by atoms with E-state index in [9.17, 15) is 4.39 Å². The van der Waals surface area contributed by atoms with Crippen molar-refractivity contribution in [1.82, 2.24) is 4.98 Å². The van der Waals surface area contributed by atoms with E-state index >= 15 is 0 Å². The van der Waals surface area contributed by atoms with Crippen LogP contribution in [0.2, 0.25) is 5.15 Å². The highest BCUT2D eigenvalue weighted by molar-refractivity contribution is 9.10. The van der Waals surface area contributed by atoms with Crippen molar-refractivity contribution in [2.45, 2.75) is 12.0 Å². The van der Waals surface area contributed by atoms with Crippen LogP contribution in [0.25, 0.3) is 0 Å². The third-order valence-corrected chi connectivity index (χ3v) is 5.44. The van der Waals surface area contributed by atoms with Crippen LogP contribution in [0.5, 0.6) is 11.5 Å². The molecule has 23 heavy (non-hydrogen) atoms. The largest absolute Gasteiger partial charge is 0.452 e. The Morgan fingerprint density at radius 2 is 2.17 bits per heavy atom. The highest BCUT2D eigenvalue weighted by Gasteiger charge is 2.45. The Morgan fingerprint density at radius 1 is 1.35 bits per heavy atom. The number of hydrogen-bond acceptors (Lipinski definition) is 5. The lowest BCUT2D eigenvalue weighted by atomic mass is 9.79. The normalized spacial score (nSPS) is 22.1. The third kappa shape index (κ3) is 2.33. The molecule has 1 aromatic carbocycles. The number of fused-ring (bicyclic) bond motifs is 4. The maximum Gasteiger partial charge on any atom is 0.257 e. The molecule has 0 radical (unpaired) electrons. The number of nitrogens with zero attached hydrogens (tertiary/aromatic N) is 2. The van der Waals surface area contributed by atoms with E-state index in [2.05, 4.69) is 25.9 Å². The van der Waals surface area contributed by atoms with Gasteiger partial charge in [0.1, 0.15) is 16.4 Å². The van der Waals surface area contributed by atoms with Gasteiger partial charge in [-0.05, 0) is 30.7 Å². The van der Waals surface area contributed by atoms with Crippen LogP contribution in [-0.4, -0.2) is 15.9 Å². The zero-order valence-electron chi connectivity index (χ0n) is 11.6. The molecule has 0 saturated carbocycles. The number of thioether (sulfide) groups is 1. The van der Waals surface area contributed by atoms with Crippen LogP contribution < -0.4 is 10.5 Å². The molecule has 0 aliphatic carbocycles. The molecule has 1 aromatic heterocycles. The summed E-state index contributed by atoms with van der Waals surface area (Å²) in [6.07, 6.45) is 0.665. The van der Waals surface area contributed by atoms with Crippen molar-refractivity contribution in [2.75, 3.05) is 5.75 Å². The number of aromatic nitrogens is 1. The quantitative estimate of drug-likeness (QED) is 0.648. The van der Waals surface area contributed by atoms with Crippen molar-refractivity contribution in [2.24, 2.45) is 10.7 Å². The summed E-state index contributed by atoms with van der Waals surface area (Å²) < 4.78 is 21.0. The van der Waals surface area contributed by atoms with Crippen molar-refractivity contribution in [3.05, 3.63) is 51.0 Å². The first-order valence-electron chi connectivity index (χ1n) is 6.82. The van der Waals surface area contributed by atoms with E-state index in [1.165, 1.54) is 11.8 Å². The molecule has 0 unspecified atom stereocenters. The fourth-order valence-corrected chi connectivity index (χ4v) is 4.39. The van der Waals surface area contributed by atoms with Crippen LogP contribution in [0, 0.1) is 5.95 Å². The van der Waals surface area contributed by atoms with E-state index in [0.717, 1.165) is 15.8 Å². The lowest BCUT2D eigenvalue weighted by Gasteiger charge is -2.39. The number of aliphatic imine (C=N–C) groups is 1. The molecule has 2 aromatic rings. The van der Waals surface area contributed by atoms with Gasteiger partial charge in [-0.3, -0.25) is 0 Å². The summed E-state index contributed by atoms with van der Waals surface area (Å²) in [7, 11) is 0. The van der Waals surface area contributed by atoms with Crippen molar-refractivity contribution in [3.63, 3.8) is 0 Å². The Morgan fingerprint density at radius 3 is 2.96 bits per heavy atom. The number of nitrogens with two attached hydrogens (primary N) is 1. The van der Waals surface area contributed by atoms with Crippen LogP contribution in [0.1, 0.15) is 17.5 Å². The minimum atomic E-state index is -0.810. The molecule has 0 amide bonds. The van der Waals surface area contributed by atoms with Crippen molar-refractivity contribution in [1.29, 1.82) is 0 Å². The monoisotopic (exact) mass is 413 g/mol. The van der Waals surface area contributed by atoms with Crippen LogP contribution in [0.3, 0.4) is 0 Å². The summed E-state index contributed by atoms with van der Waals surface area (Å²) in [5.74, 6) is 0.634. The molecule has 1 atom stereocenters. The van der Waals surface area contributed by atoms with E-state index < -0.39 is 11.5 Å². The maximum absolute atomic E-state index is 14.3. The fourth-order valence-electron chi connectivity index (χ4n) is 3.02. The van der Waals surface area contributed by atoms with Gasteiger partial charge in [-0.25, -0.2) is 9.98 Å². The summed E-state index contributed by atoms with van der Waals surface area (Å²) in [6, 6.07) is 7.16. The lowest BCUT2D eigenvalue weighted by Crippen LogP contribution is -2.36. The van der Waals surface area contributed by atoms with Gasteiger partial charge in [-0.1, -0.05) is 39.3 Å². The van der Waals surface area contributed by atoms with Gasteiger partial charge in [-0.2, -0.15) is 4.39 Å². The maximum atomic E-state index is 14.3. The van der Waals surface area contributed by atoms with Crippen LogP contribution in [-0.2, 0) is 5.54 Å². The van der Waals surface area contributed by atoms with Gasteiger partial charge in [0.15, 0.2) is 10.9 Å². The molecular weight excluding hydrogens is 405 g/mol. The molecule has 3 heterocycles. The molecule has 2 aliphatic heterocycles. The smallest absolute Gasteiger partial charge is 0.257 e. The molecule has 118 valence electrons. The Balaban J connectivity index is 2.08. The summed E-state index contributed by atoms with van der Waals surface area (Å²) in [6.45, 7) is 0. The topological polar surface area (TPSA) is 60.5 Å². The molecule has 1 spiro atoms. The summed E-state index contributed by atoms with van der Waals surface area (Å²) in [5.41, 5.74) is 6.57. The molecule has 0 saturated heterocycles. The van der Waals surface area contributed by atoms with Gasteiger partial charge in [0.05, 0.1) is 0 Å². The summed E-state index contributed by atoms with van der Waals surface area (Å²) in [4.78, 5) is 8.34. The highest BCUT2D eigenvalue weighted by Crippen LogP contribution is 2.54. The zero-order valence-corrected chi connectivity index (χ0v) is 14.8.